The molecule has 0 saturated heterocycles. The number of benzene rings is 9. The highest BCUT2D eigenvalue weighted by Gasteiger charge is 2.16. The van der Waals surface area contributed by atoms with E-state index in [4.69, 9.17) is 5.41 Å². The van der Waals surface area contributed by atoms with Crippen molar-refractivity contribution < 1.29 is 0 Å². The molecule has 0 aliphatic rings. The molecule has 9 aromatic rings. The van der Waals surface area contributed by atoms with Gasteiger partial charge in [0.2, 0.25) is 0 Å². The molecule has 9 rings (SSSR count). The number of rotatable bonds is 12. The van der Waals surface area contributed by atoms with E-state index < -0.39 is 0 Å². The van der Waals surface area contributed by atoms with E-state index in [-0.39, 0.29) is 0 Å². The normalized spacial score (nSPS) is 10.9. The van der Waals surface area contributed by atoms with Crippen LogP contribution in [0.15, 0.2) is 224 Å². The maximum Gasteiger partial charge on any atom is 0.0462 e. The van der Waals surface area contributed by atoms with Crippen LogP contribution >= 0.6 is 0 Å². The van der Waals surface area contributed by atoms with Gasteiger partial charge >= 0.3 is 0 Å². The number of anilines is 9. The van der Waals surface area contributed by atoms with Crippen LogP contribution in [-0.4, -0.2) is 6.21 Å². The van der Waals surface area contributed by atoms with Gasteiger partial charge in [0, 0.05) is 57.4 Å². The first kappa shape index (κ1) is 39.5. The minimum absolute atomic E-state index is 0.876. The zero-order chi connectivity index (χ0) is 42.4. The highest BCUT2D eigenvalue weighted by molar-refractivity contribution is 5.84. The Balaban J connectivity index is 0.979. The van der Waals surface area contributed by atoms with Crippen molar-refractivity contribution in [1.82, 2.24) is 0 Å². The second-order valence-electron chi connectivity index (χ2n) is 15.8. The Bertz CT molecular complexity index is 2870. The van der Waals surface area contributed by atoms with E-state index in [1.807, 2.05) is 12.1 Å². The summed E-state index contributed by atoms with van der Waals surface area (Å²) >= 11 is 0. The standard InChI is InChI=1S/C58H48N4/c1-42-9-25-51(26-10-42)60(50-7-5-4-6-8-50)55-33-17-46(18-34-55)48-21-37-57(38-22-48)62(53-29-13-44(3)14-30-53)58-39-23-49(24-40-58)47-19-35-56(36-20-47)61(52-27-11-43(2)12-28-52)54-31-15-45(41-59)16-32-54/h4-41,59H,1-3H3. The predicted octanol–water partition coefficient (Wildman–Crippen LogP) is 16.4. The van der Waals surface area contributed by atoms with Gasteiger partial charge < -0.3 is 20.1 Å². The summed E-state index contributed by atoms with van der Waals surface area (Å²) in [6.07, 6.45) is 1.38. The number of hydrogen-bond acceptors (Lipinski definition) is 4. The van der Waals surface area contributed by atoms with Gasteiger partial charge in [-0.3, -0.25) is 0 Å². The lowest BCUT2D eigenvalue weighted by atomic mass is 10.0. The first-order valence-electron chi connectivity index (χ1n) is 21.1. The Morgan fingerprint density at radius 1 is 0.258 bits per heavy atom. The summed E-state index contributed by atoms with van der Waals surface area (Å²) < 4.78 is 0. The average molecular weight is 801 g/mol. The molecule has 0 aliphatic carbocycles. The van der Waals surface area contributed by atoms with Gasteiger partial charge in [-0.05, 0) is 158 Å². The molecule has 0 bridgehead atoms. The first-order valence-corrected chi connectivity index (χ1v) is 21.1. The zero-order valence-electron chi connectivity index (χ0n) is 35.3. The fourth-order valence-corrected chi connectivity index (χ4v) is 7.93. The van der Waals surface area contributed by atoms with Crippen molar-refractivity contribution in [3.8, 4) is 22.3 Å². The summed E-state index contributed by atoms with van der Waals surface area (Å²) in [5.41, 5.74) is 19.0. The third-order valence-electron chi connectivity index (χ3n) is 11.4. The van der Waals surface area contributed by atoms with Crippen LogP contribution in [0.25, 0.3) is 22.3 Å². The Hall–Kier alpha value is -7.95. The van der Waals surface area contributed by atoms with Gasteiger partial charge in [-0.25, -0.2) is 0 Å². The lowest BCUT2D eigenvalue weighted by Crippen LogP contribution is -2.10. The first-order chi connectivity index (χ1) is 30.4. The van der Waals surface area contributed by atoms with Crippen LogP contribution < -0.4 is 14.7 Å². The Morgan fingerprint density at radius 3 is 0.710 bits per heavy atom. The van der Waals surface area contributed by atoms with Gasteiger partial charge in [0.1, 0.15) is 0 Å². The van der Waals surface area contributed by atoms with Crippen molar-refractivity contribution >= 4 is 57.4 Å². The molecule has 0 radical (unpaired) electrons. The number of aryl methyl sites for hydroxylation is 3. The monoisotopic (exact) mass is 800 g/mol. The molecule has 0 amide bonds. The largest absolute Gasteiger partial charge is 0.311 e. The number of nitrogens with one attached hydrogen (secondary N) is 1. The molecule has 0 unspecified atom stereocenters. The average Bonchev–Trinajstić information content (AvgIpc) is 3.33. The van der Waals surface area contributed by atoms with E-state index in [2.05, 4.69) is 248 Å². The molecule has 0 atom stereocenters. The molecule has 62 heavy (non-hydrogen) atoms. The minimum Gasteiger partial charge on any atom is -0.311 e. The van der Waals surface area contributed by atoms with E-state index in [1.54, 1.807) is 0 Å². The molecular weight excluding hydrogens is 753 g/mol. The van der Waals surface area contributed by atoms with Gasteiger partial charge in [0.15, 0.2) is 0 Å². The molecule has 0 aromatic heterocycles. The van der Waals surface area contributed by atoms with E-state index in [1.165, 1.54) is 22.9 Å². The van der Waals surface area contributed by atoms with Crippen molar-refractivity contribution in [2.24, 2.45) is 0 Å². The predicted molar refractivity (Wildman–Crippen MR) is 263 cm³/mol. The summed E-state index contributed by atoms with van der Waals surface area (Å²) in [5.74, 6) is 0. The summed E-state index contributed by atoms with van der Waals surface area (Å²) in [5, 5.41) is 7.66. The fourth-order valence-electron chi connectivity index (χ4n) is 7.93. The fraction of sp³-hybridized carbons (Fsp3) is 0.0517. The van der Waals surface area contributed by atoms with Gasteiger partial charge in [0.05, 0.1) is 0 Å². The maximum absolute atomic E-state index is 7.66. The lowest BCUT2D eigenvalue weighted by molar-refractivity contribution is 1.27. The molecule has 0 fully saturated rings. The third kappa shape index (κ3) is 8.54. The van der Waals surface area contributed by atoms with Crippen molar-refractivity contribution in [2.45, 2.75) is 20.8 Å². The molecular formula is C58H48N4. The molecule has 0 heterocycles. The number of para-hydroxylation sites is 1. The van der Waals surface area contributed by atoms with Gasteiger partial charge in [-0.15, -0.1) is 0 Å². The zero-order valence-corrected chi connectivity index (χ0v) is 35.3. The summed E-state index contributed by atoms with van der Waals surface area (Å²) in [7, 11) is 0. The smallest absolute Gasteiger partial charge is 0.0462 e. The van der Waals surface area contributed by atoms with E-state index in [0.29, 0.717) is 0 Å². The number of nitrogens with zero attached hydrogens (tertiary/aromatic N) is 3. The van der Waals surface area contributed by atoms with Crippen LogP contribution in [0, 0.1) is 26.2 Å². The van der Waals surface area contributed by atoms with Crippen LogP contribution in [0.4, 0.5) is 51.2 Å². The Kier molecular flexibility index (Phi) is 11.3. The highest BCUT2D eigenvalue weighted by Crippen LogP contribution is 2.40. The van der Waals surface area contributed by atoms with Crippen LogP contribution in [0.5, 0.6) is 0 Å². The summed E-state index contributed by atoms with van der Waals surface area (Å²) in [6.45, 7) is 6.36. The molecule has 0 spiro atoms. The molecule has 0 aliphatic heterocycles. The SMILES string of the molecule is Cc1ccc(N(c2ccccc2)c2ccc(-c3ccc(N(c4ccc(C)cc4)c4ccc(-c5ccc(N(c6ccc(C)cc6)c6ccc(C=N)cc6)cc5)cc4)cc3)cc2)cc1. The quantitative estimate of drug-likeness (QED) is 0.125. The van der Waals surface area contributed by atoms with Crippen LogP contribution in [0.3, 0.4) is 0 Å². The van der Waals surface area contributed by atoms with Crippen molar-refractivity contribution in [3.63, 3.8) is 0 Å². The topological polar surface area (TPSA) is 33.6 Å². The Morgan fingerprint density at radius 2 is 0.468 bits per heavy atom. The second-order valence-corrected chi connectivity index (χ2v) is 15.8. The summed E-state index contributed by atoms with van der Waals surface area (Å²) in [6, 6.07) is 80.0. The van der Waals surface area contributed by atoms with E-state index >= 15 is 0 Å². The van der Waals surface area contributed by atoms with Crippen molar-refractivity contribution in [1.29, 1.82) is 5.41 Å². The highest BCUT2D eigenvalue weighted by atomic mass is 15.2. The molecule has 300 valence electrons. The van der Waals surface area contributed by atoms with Crippen LogP contribution in [0.1, 0.15) is 22.3 Å². The van der Waals surface area contributed by atoms with E-state index in [0.717, 1.165) is 79.0 Å². The molecule has 9 aromatic carbocycles. The minimum atomic E-state index is 0.876. The lowest BCUT2D eigenvalue weighted by Gasteiger charge is -2.27. The molecule has 4 heteroatoms. The van der Waals surface area contributed by atoms with Gasteiger partial charge in [0.25, 0.3) is 0 Å². The van der Waals surface area contributed by atoms with Gasteiger partial charge in [-0.2, -0.15) is 0 Å². The Labute approximate surface area is 365 Å². The van der Waals surface area contributed by atoms with Crippen LogP contribution in [-0.2, 0) is 0 Å². The third-order valence-corrected chi connectivity index (χ3v) is 11.4. The summed E-state index contributed by atoms with van der Waals surface area (Å²) in [4.78, 5) is 6.88. The molecule has 1 N–H and O–H groups in total. The van der Waals surface area contributed by atoms with Crippen LogP contribution in [0.2, 0.25) is 0 Å². The molecule has 4 nitrogen and oxygen atoms in total. The van der Waals surface area contributed by atoms with E-state index in [9.17, 15) is 0 Å². The molecule has 0 saturated carbocycles. The second kappa shape index (κ2) is 17.7. The maximum atomic E-state index is 7.66. The number of hydrogen-bond donors (Lipinski definition) is 1. The van der Waals surface area contributed by atoms with Crippen molar-refractivity contribution in [3.05, 3.63) is 247 Å². The van der Waals surface area contributed by atoms with Crippen molar-refractivity contribution in [2.75, 3.05) is 14.7 Å². The van der Waals surface area contributed by atoms with Gasteiger partial charge in [-0.1, -0.05) is 132 Å².